The Morgan fingerprint density at radius 2 is 1.92 bits per heavy atom. The van der Waals surface area contributed by atoms with Crippen LogP contribution in [0, 0.1) is 11.8 Å². The van der Waals surface area contributed by atoms with Crippen LogP contribution in [0.5, 0.6) is 0 Å². The Morgan fingerprint density at radius 3 is 2.23 bits per heavy atom. The van der Waals surface area contributed by atoms with Crippen LogP contribution in [0.2, 0.25) is 0 Å². The predicted octanol–water partition coefficient (Wildman–Crippen LogP) is 1.30. The van der Waals surface area contributed by atoms with Gasteiger partial charge < -0.3 is 10.8 Å². The van der Waals surface area contributed by atoms with E-state index < -0.39 is 0 Å². The molecular weight excluding hydrogens is 166 g/mol. The molecule has 3 nitrogen and oxygen atoms in total. The van der Waals surface area contributed by atoms with E-state index in [0.29, 0.717) is 5.92 Å². The van der Waals surface area contributed by atoms with Gasteiger partial charge in [-0.15, -0.1) is 0 Å². The molecule has 0 spiro atoms. The standard InChI is InChI=1S/C10H21NO2/c1-3-8(7-12)5-6-9(4-2)10(11)13/h8-9,12H,3-7H2,1-2H3,(H2,11,13)/t8?,9-/m0/s1. The maximum Gasteiger partial charge on any atom is 0.220 e. The number of hydrogen-bond acceptors (Lipinski definition) is 2. The van der Waals surface area contributed by atoms with E-state index in [9.17, 15) is 4.79 Å². The Balaban J connectivity index is 3.76. The summed E-state index contributed by atoms with van der Waals surface area (Å²) in [5.74, 6) is 0.101. The molecule has 0 radical (unpaired) electrons. The quantitative estimate of drug-likeness (QED) is 0.631. The van der Waals surface area contributed by atoms with Crippen molar-refractivity contribution < 1.29 is 9.90 Å². The van der Waals surface area contributed by atoms with E-state index in [2.05, 4.69) is 0 Å². The van der Waals surface area contributed by atoms with Crippen LogP contribution in [0.3, 0.4) is 0 Å². The summed E-state index contributed by atoms with van der Waals surface area (Å²) in [4.78, 5) is 10.9. The third-order valence-corrected chi connectivity index (χ3v) is 2.65. The molecule has 1 amide bonds. The molecule has 3 N–H and O–H groups in total. The molecule has 3 heteroatoms. The number of nitrogens with two attached hydrogens (primary N) is 1. The van der Waals surface area contributed by atoms with Crippen molar-refractivity contribution in [3.05, 3.63) is 0 Å². The lowest BCUT2D eigenvalue weighted by molar-refractivity contribution is -0.122. The molecule has 0 fully saturated rings. The van der Waals surface area contributed by atoms with E-state index in [4.69, 9.17) is 10.8 Å². The Hall–Kier alpha value is -0.570. The highest BCUT2D eigenvalue weighted by molar-refractivity contribution is 5.76. The van der Waals surface area contributed by atoms with Gasteiger partial charge in [0.25, 0.3) is 0 Å². The minimum atomic E-state index is -0.213. The van der Waals surface area contributed by atoms with Crippen molar-refractivity contribution in [1.29, 1.82) is 0 Å². The highest BCUT2D eigenvalue weighted by Crippen LogP contribution is 2.17. The summed E-state index contributed by atoms with van der Waals surface area (Å²) < 4.78 is 0. The SMILES string of the molecule is CCC(CO)CC[C@H](CC)C(N)=O. The Labute approximate surface area is 80.3 Å². The molecule has 0 rings (SSSR count). The molecule has 78 valence electrons. The van der Waals surface area contributed by atoms with E-state index in [-0.39, 0.29) is 18.4 Å². The molecule has 0 aliphatic rings. The molecule has 2 atom stereocenters. The fraction of sp³-hybridized carbons (Fsp3) is 0.900. The first kappa shape index (κ1) is 12.4. The summed E-state index contributed by atoms with van der Waals surface area (Å²) in [6, 6.07) is 0. The molecule has 0 aromatic heterocycles. The normalized spacial score (nSPS) is 15.3. The van der Waals surface area contributed by atoms with Crippen molar-refractivity contribution in [2.75, 3.05) is 6.61 Å². The molecule has 0 heterocycles. The maximum atomic E-state index is 10.9. The largest absolute Gasteiger partial charge is 0.396 e. The van der Waals surface area contributed by atoms with E-state index >= 15 is 0 Å². The monoisotopic (exact) mass is 187 g/mol. The van der Waals surface area contributed by atoms with Gasteiger partial charge in [0.2, 0.25) is 5.91 Å². The molecule has 13 heavy (non-hydrogen) atoms. The van der Waals surface area contributed by atoms with Gasteiger partial charge >= 0.3 is 0 Å². The Bertz CT molecular complexity index is 144. The third-order valence-electron chi connectivity index (χ3n) is 2.65. The van der Waals surface area contributed by atoms with Crippen LogP contribution in [0.4, 0.5) is 0 Å². The minimum absolute atomic E-state index is 0.0133. The molecule has 1 unspecified atom stereocenters. The van der Waals surface area contributed by atoms with Crippen molar-refractivity contribution in [3.8, 4) is 0 Å². The zero-order chi connectivity index (χ0) is 10.3. The summed E-state index contributed by atoms with van der Waals surface area (Å²) in [6.07, 6.45) is 3.47. The zero-order valence-electron chi connectivity index (χ0n) is 8.62. The maximum absolute atomic E-state index is 10.9. The van der Waals surface area contributed by atoms with Gasteiger partial charge in [-0.25, -0.2) is 0 Å². The summed E-state index contributed by atoms with van der Waals surface area (Å²) in [7, 11) is 0. The summed E-state index contributed by atoms with van der Waals surface area (Å²) in [5, 5.41) is 8.93. The molecule has 0 saturated carbocycles. The van der Waals surface area contributed by atoms with Crippen LogP contribution in [-0.4, -0.2) is 17.6 Å². The third kappa shape index (κ3) is 4.88. The molecule has 0 aromatic rings. The second-order valence-electron chi connectivity index (χ2n) is 3.54. The van der Waals surface area contributed by atoms with Gasteiger partial charge in [0.05, 0.1) is 0 Å². The summed E-state index contributed by atoms with van der Waals surface area (Å²) >= 11 is 0. The Morgan fingerprint density at radius 1 is 1.31 bits per heavy atom. The average Bonchev–Trinajstić information content (AvgIpc) is 2.12. The van der Waals surface area contributed by atoms with E-state index in [1.165, 1.54) is 0 Å². The molecular formula is C10H21NO2. The van der Waals surface area contributed by atoms with Crippen LogP contribution in [-0.2, 0) is 4.79 Å². The van der Waals surface area contributed by atoms with E-state index in [1.54, 1.807) is 0 Å². The van der Waals surface area contributed by atoms with Crippen LogP contribution in [0.1, 0.15) is 39.5 Å². The second kappa shape index (κ2) is 6.89. The van der Waals surface area contributed by atoms with Crippen molar-refractivity contribution in [2.45, 2.75) is 39.5 Å². The average molecular weight is 187 g/mol. The highest BCUT2D eigenvalue weighted by Gasteiger charge is 2.14. The molecule has 0 aliphatic heterocycles. The van der Waals surface area contributed by atoms with Crippen molar-refractivity contribution in [1.82, 2.24) is 0 Å². The summed E-state index contributed by atoms with van der Waals surface area (Å²) in [6.45, 7) is 4.23. The zero-order valence-corrected chi connectivity index (χ0v) is 8.62. The van der Waals surface area contributed by atoms with Gasteiger partial charge in [-0.2, -0.15) is 0 Å². The lowest BCUT2D eigenvalue weighted by Gasteiger charge is -2.15. The van der Waals surface area contributed by atoms with Crippen molar-refractivity contribution in [3.63, 3.8) is 0 Å². The number of carbonyl (C=O) groups is 1. The fourth-order valence-electron chi connectivity index (χ4n) is 1.41. The van der Waals surface area contributed by atoms with Gasteiger partial charge in [0.15, 0.2) is 0 Å². The van der Waals surface area contributed by atoms with Crippen LogP contribution in [0.15, 0.2) is 0 Å². The van der Waals surface area contributed by atoms with E-state index in [1.807, 2.05) is 13.8 Å². The molecule has 0 aliphatic carbocycles. The lowest BCUT2D eigenvalue weighted by atomic mass is 9.93. The number of aliphatic hydroxyl groups excluding tert-OH is 1. The topological polar surface area (TPSA) is 63.3 Å². The van der Waals surface area contributed by atoms with Crippen molar-refractivity contribution >= 4 is 5.91 Å². The number of rotatable bonds is 7. The second-order valence-corrected chi connectivity index (χ2v) is 3.54. The van der Waals surface area contributed by atoms with Gasteiger partial charge in [-0.1, -0.05) is 20.3 Å². The van der Waals surface area contributed by atoms with Gasteiger partial charge in [0.1, 0.15) is 0 Å². The lowest BCUT2D eigenvalue weighted by Crippen LogP contribution is -2.23. The predicted molar refractivity (Wildman–Crippen MR) is 53.1 cm³/mol. The molecule has 0 saturated heterocycles. The van der Waals surface area contributed by atoms with Crippen molar-refractivity contribution in [2.24, 2.45) is 17.6 Å². The van der Waals surface area contributed by atoms with Crippen LogP contribution < -0.4 is 5.73 Å². The number of primary amides is 1. The smallest absolute Gasteiger partial charge is 0.220 e. The highest BCUT2D eigenvalue weighted by atomic mass is 16.3. The molecule has 0 aromatic carbocycles. The number of amides is 1. The van der Waals surface area contributed by atoms with Gasteiger partial charge in [0, 0.05) is 12.5 Å². The first-order valence-electron chi connectivity index (χ1n) is 5.05. The number of aliphatic hydroxyl groups is 1. The molecule has 0 bridgehead atoms. The number of hydrogen-bond donors (Lipinski definition) is 2. The van der Waals surface area contributed by atoms with Crippen LogP contribution in [0.25, 0.3) is 0 Å². The van der Waals surface area contributed by atoms with E-state index in [0.717, 1.165) is 25.7 Å². The first-order chi connectivity index (χ1) is 6.15. The summed E-state index contributed by atoms with van der Waals surface area (Å²) in [5.41, 5.74) is 5.21. The Kier molecular flexibility index (Phi) is 6.59. The fourth-order valence-corrected chi connectivity index (χ4v) is 1.41. The van der Waals surface area contributed by atoms with Gasteiger partial charge in [-0.05, 0) is 25.2 Å². The van der Waals surface area contributed by atoms with Crippen LogP contribution >= 0.6 is 0 Å². The minimum Gasteiger partial charge on any atom is -0.396 e. The first-order valence-corrected chi connectivity index (χ1v) is 5.05. The number of carbonyl (C=O) groups excluding carboxylic acids is 1. The van der Waals surface area contributed by atoms with Gasteiger partial charge in [-0.3, -0.25) is 4.79 Å².